The van der Waals surface area contributed by atoms with Crippen LogP contribution in [0.25, 0.3) is 10.9 Å². The molecule has 3 nitrogen and oxygen atoms in total. The van der Waals surface area contributed by atoms with Crippen LogP contribution in [-0.4, -0.2) is 16.9 Å². The largest absolute Gasteiger partial charge is 0.350 e. The zero-order chi connectivity index (χ0) is 15.0. The molecule has 0 unspecified atom stereocenters. The number of fused-ring (bicyclic) bond motifs is 1. The van der Waals surface area contributed by atoms with Crippen LogP contribution in [0.5, 0.6) is 0 Å². The van der Waals surface area contributed by atoms with Crippen molar-refractivity contribution in [2.75, 3.05) is 0 Å². The number of halogens is 1. The number of carbonyl (C=O) groups is 1. The summed E-state index contributed by atoms with van der Waals surface area (Å²) in [6, 6.07) is 6.38. The molecule has 3 rings (SSSR count). The van der Waals surface area contributed by atoms with E-state index in [1.807, 2.05) is 6.07 Å². The lowest BCUT2D eigenvalue weighted by atomic mass is 9.86. The molecular weight excluding hydrogens is 328 g/mol. The Morgan fingerprint density at radius 3 is 2.81 bits per heavy atom. The average Bonchev–Trinajstić information content (AvgIpc) is 2.85. The van der Waals surface area contributed by atoms with E-state index in [1.54, 1.807) is 0 Å². The van der Waals surface area contributed by atoms with Gasteiger partial charge >= 0.3 is 0 Å². The Bertz CT molecular complexity index is 677. The van der Waals surface area contributed by atoms with Crippen LogP contribution in [0.4, 0.5) is 0 Å². The quantitative estimate of drug-likeness (QED) is 0.821. The number of aryl methyl sites for hydroxylation is 1. The van der Waals surface area contributed by atoms with E-state index < -0.39 is 0 Å². The number of hydrogen-bond donors (Lipinski definition) is 2. The molecule has 4 heteroatoms. The minimum atomic E-state index is 0.00880. The molecule has 1 saturated carbocycles. The maximum atomic E-state index is 12.5. The molecule has 1 aliphatic carbocycles. The summed E-state index contributed by atoms with van der Waals surface area (Å²) < 4.78 is 1.03. The zero-order valence-electron chi connectivity index (χ0n) is 12.5. The minimum Gasteiger partial charge on any atom is -0.350 e. The Kier molecular flexibility index (Phi) is 4.07. The van der Waals surface area contributed by atoms with Crippen LogP contribution >= 0.6 is 15.9 Å². The number of H-pyrrole nitrogens is 1. The number of benzene rings is 1. The molecule has 1 fully saturated rings. The predicted molar refractivity (Wildman–Crippen MR) is 89.6 cm³/mol. The first-order valence-corrected chi connectivity index (χ1v) is 8.43. The maximum absolute atomic E-state index is 12.5. The molecule has 112 valence electrons. The lowest BCUT2D eigenvalue weighted by molar-refractivity contribution is 0.0906. The van der Waals surface area contributed by atoms with E-state index in [0.717, 1.165) is 21.8 Å². The molecule has 21 heavy (non-hydrogen) atoms. The highest BCUT2D eigenvalue weighted by atomic mass is 79.9. The van der Waals surface area contributed by atoms with Gasteiger partial charge in [0.05, 0.1) is 0 Å². The lowest BCUT2D eigenvalue weighted by Gasteiger charge is -2.29. The fraction of sp³-hybridized carbons (Fsp3) is 0.471. The van der Waals surface area contributed by atoms with E-state index in [0.29, 0.717) is 17.7 Å². The smallest absolute Gasteiger partial charge is 0.267 e. The van der Waals surface area contributed by atoms with Crippen molar-refractivity contribution in [3.8, 4) is 0 Å². The summed E-state index contributed by atoms with van der Waals surface area (Å²) in [4.78, 5) is 15.7. The van der Waals surface area contributed by atoms with Gasteiger partial charge in [0.25, 0.3) is 5.91 Å². The van der Waals surface area contributed by atoms with Crippen molar-refractivity contribution in [1.29, 1.82) is 0 Å². The number of amides is 1. The van der Waals surface area contributed by atoms with Gasteiger partial charge in [-0.3, -0.25) is 4.79 Å². The van der Waals surface area contributed by atoms with Gasteiger partial charge in [-0.1, -0.05) is 35.7 Å². The van der Waals surface area contributed by atoms with Gasteiger partial charge in [-0.25, -0.2) is 0 Å². The third kappa shape index (κ3) is 3.00. The van der Waals surface area contributed by atoms with Gasteiger partial charge in [0.15, 0.2) is 0 Å². The fourth-order valence-electron chi connectivity index (χ4n) is 3.23. The SMILES string of the molecule is Cc1cc(Br)c2cc(C(=O)N[C@@H]3CCCC[C@@H]3C)[nH]c2c1. The summed E-state index contributed by atoms with van der Waals surface area (Å²) in [5.41, 5.74) is 2.82. The zero-order valence-corrected chi connectivity index (χ0v) is 14.1. The molecule has 2 aromatic rings. The molecule has 1 aliphatic rings. The second-order valence-corrected chi connectivity index (χ2v) is 7.09. The normalized spacial score (nSPS) is 22.4. The van der Waals surface area contributed by atoms with E-state index in [4.69, 9.17) is 0 Å². The third-order valence-electron chi connectivity index (χ3n) is 4.50. The van der Waals surface area contributed by atoms with Gasteiger partial charge < -0.3 is 10.3 Å². The fourth-order valence-corrected chi connectivity index (χ4v) is 3.92. The highest BCUT2D eigenvalue weighted by molar-refractivity contribution is 9.10. The molecule has 1 heterocycles. The number of aromatic amines is 1. The summed E-state index contributed by atoms with van der Waals surface area (Å²) in [5.74, 6) is 0.579. The number of hydrogen-bond acceptors (Lipinski definition) is 1. The molecule has 0 aliphatic heterocycles. The first-order chi connectivity index (χ1) is 10.0. The first kappa shape index (κ1) is 14.6. The Morgan fingerprint density at radius 1 is 1.29 bits per heavy atom. The number of rotatable bonds is 2. The van der Waals surface area contributed by atoms with Crippen LogP contribution in [0.1, 0.15) is 48.7 Å². The van der Waals surface area contributed by atoms with Crippen molar-refractivity contribution in [2.45, 2.75) is 45.6 Å². The summed E-state index contributed by atoms with van der Waals surface area (Å²) in [7, 11) is 0. The van der Waals surface area contributed by atoms with Crippen molar-refractivity contribution in [1.82, 2.24) is 10.3 Å². The Balaban J connectivity index is 1.83. The molecule has 1 aromatic carbocycles. The van der Waals surface area contributed by atoms with E-state index in [1.165, 1.54) is 24.8 Å². The standard InChI is InChI=1S/C17H21BrN2O/c1-10-7-13(18)12-9-16(19-15(12)8-10)17(21)20-14-6-4-3-5-11(14)2/h7-9,11,14,19H,3-6H2,1-2H3,(H,20,21)/t11-,14+/m0/s1. The van der Waals surface area contributed by atoms with Crippen LogP contribution in [0.3, 0.4) is 0 Å². The van der Waals surface area contributed by atoms with Gasteiger partial charge in [-0.2, -0.15) is 0 Å². The molecular formula is C17H21BrN2O. The van der Waals surface area contributed by atoms with E-state index in [9.17, 15) is 4.79 Å². The molecule has 1 aromatic heterocycles. The molecule has 0 spiro atoms. The molecule has 0 bridgehead atoms. The van der Waals surface area contributed by atoms with Crippen molar-refractivity contribution in [3.05, 3.63) is 33.9 Å². The van der Waals surface area contributed by atoms with Crippen LogP contribution < -0.4 is 5.32 Å². The van der Waals surface area contributed by atoms with E-state index in [2.05, 4.69) is 52.2 Å². The summed E-state index contributed by atoms with van der Waals surface area (Å²) in [6.07, 6.45) is 4.80. The molecule has 2 N–H and O–H groups in total. The van der Waals surface area contributed by atoms with Crippen LogP contribution in [-0.2, 0) is 0 Å². The lowest BCUT2D eigenvalue weighted by Crippen LogP contribution is -2.41. The molecule has 2 atom stereocenters. The second-order valence-electron chi connectivity index (χ2n) is 6.23. The predicted octanol–water partition coefficient (Wildman–Crippen LogP) is 4.55. The topological polar surface area (TPSA) is 44.9 Å². The number of nitrogens with one attached hydrogen (secondary N) is 2. The number of aromatic nitrogens is 1. The Morgan fingerprint density at radius 2 is 2.05 bits per heavy atom. The highest BCUT2D eigenvalue weighted by Gasteiger charge is 2.23. The van der Waals surface area contributed by atoms with Crippen molar-refractivity contribution in [3.63, 3.8) is 0 Å². The van der Waals surface area contributed by atoms with Gasteiger partial charge in [-0.05, 0) is 49.4 Å². The van der Waals surface area contributed by atoms with E-state index >= 15 is 0 Å². The highest BCUT2D eigenvalue weighted by Crippen LogP contribution is 2.27. The second kappa shape index (κ2) is 5.84. The molecule has 0 radical (unpaired) electrons. The van der Waals surface area contributed by atoms with Crippen LogP contribution in [0.15, 0.2) is 22.7 Å². The monoisotopic (exact) mass is 348 g/mol. The van der Waals surface area contributed by atoms with Crippen molar-refractivity contribution in [2.24, 2.45) is 5.92 Å². The third-order valence-corrected chi connectivity index (χ3v) is 5.16. The Labute approximate surface area is 133 Å². The van der Waals surface area contributed by atoms with Gasteiger partial charge in [0.2, 0.25) is 0 Å². The summed E-state index contributed by atoms with van der Waals surface area (Å²) in [5, 5.41) is 4.25. The molecule has 0 saturated heterocycles. The van der Waals surface area contributed by atoms with Gasteiger partial charge in [0, 0.05) is 21.4 Å². The summed E-state index contributed by atoms with van der Waals surface area (Å²) in [6.45, 7) is 4.28. The van der Waals surface area contributed by atoms with E-state index in [-0.39, 0.29) is 5.91 Å². The van der Waals surface area contributed by atoms with Crippen LogP contribution in [0.2, 0.25) is 0 Å². The first-order valence-electron chi connectivity index (χ1n) is 7.64. The average molecular weight is 349 g/mol. The van der Waals surface area contributed by atoms with Crippen molar-refractivity contribution >= 4 is 32.7 Å². The maximum Gasteiger partial charge on any atom is 0.267 e. The Hall–Kier alpha value is -1.29. The van der Waals surface area contributed by atoms with Crippen molar-refractivity contribution < 1.29 is 4.79 Å². The molecule has 1 amide bonds. The van der Waals surface area contributed by atoms with Gasteiger partial charge in [0.1, 0.15) is 5.69 Å². The summed E-state index contributed by atoms with van der Waals surface area (Å²) >= 11 is 3.57. The van der Waals surface area contributed by atoms with Crippen LogP contribution in [0, 0.1) is 12.8 Å². The minimum absolute atomic E-state index is 0.00880. The number of carbonyl (C=O) groups excluding carboxylic acids is 1. The van der Waals surface area contributed by atoms with Gasteiger partial charge in [-0.15, -0.1) is 0 Å².